The number of hydrogen-bond donors (Lipinski definition) is 1. The van der Waals surface area contributed by atoms with E-state index in [4.69, 9.17) is 16.3 Å². The minimum atomic E-state index is -2.69. The van der Waals surface area contributed by atoms with Crippen molar-refractivity contribution in [2.24, 2.45) is 0 Å². The Hall–Kier alpha value is -3.14. The molecule has 2 aromatic carbocycles. The second kappa shape index (κ2) is 11.5. The Morgan fingerprint density at radius 1 is 1.11 bits per heavy atom. The summed E-state index contributed by atoms with van der Waals surface area (Å²) in [5.74, 6) is 0.400. The van der Waals surface area contributed by atoms with Crippen molar-refractivity contribution in [2.75, 3.05) is 19.6 Å². The van der Waals surface area contributed by atoms with E-state index in [1.54, 1.807) is 18.2 Å². The predicted octanol–water partition coefficient (Wildman–Crippen LogP) is 6.30. The van der Waals surface area contributed by atoms with Gasteiger partial charge in [-0.1, -0.05) is 35.9 Å². The lowest BCUT2D eigenvalue weighted by atomic mass is 10.0. The first-order valence-electron chi connectivity index (χ1n) is 12.0. The number of pyridine rings is 1. The quantitative estimate of drug-likeness (QED) is 0.283. The highest BCUT2D eigenvalue weighted by molar-refractivity contribution is 7.09. The molecule has 0 bridgehead atoms. The number of fused-ring (bicyclic) bond motifs is 1. The fourth-order valence-electron chi connectivity index (χ4n) is 4.55. The molecular formula is C27H25ClF2N4O2S. The summed E-state index contributed by atoms with van der Waals surface area (Å²) in [6.45, 7) is 1.43. The van der Waals surface area contributed by atoms with Crippen LogP contribution < -0.4 is 10.1 Å². The van der Waals surface area contributed by atoms with Crippen LogP contribution in [0.2, 0.25) is 5.02 Å². The fourth-order valence-corrected chi connectivity index (χ4v) is 5.61. The number of nitrogens with zero attached hydrogens (tertiary/aromatic N) is 3. The highest BCUT2D eigenvalue weighted by atomic mass is 35.5. The number of rotatable bonds is 8. The van der Waals surface area contributed by atoms with E-state index in [0.717, 1.165) is 29.5 Å². The first-order chi connectivity index (χ1) is 18.0. The van der Waals surface area contributed by atoms with Crippen LogP contribution in [0.5, 0.6) is 5.75 Å². The van der Waals surface area contributed by atoms with Crippen LogP contribution in [0.15, 0.2) is 66.2 Å². The number of carbonyl (C=O) groups excluding carboxylic acids is 1. The summed E-state index contributed by atoms with van der Waals surface area (Å²) in [4.78, 5) is 23.9. The maximum absolute atomic E-state index is 13.7. The van der Waals surface area contributed by atoms with Gasteiger partial charge in [0, 0.05) is 30.0 Å². The summed E-state index contributed by atoms with van der Waals surface area (Å²) < 4.78 is 33.6. The molecule has 1 fully saturated rings. The zero-order valence-electron chi connectivity index (χ0n) is 19.8. The number of amides is 1. The maximum atomic E-state index is 13.7. The third kappa shape index (κ3) is 6.06. The standard InChI is InChI=1S/C27H25ClF2N4O2S/c28-18-6-8-19(9-7-18)36-20-11-13-34(14-12-20)23(25-24(26(29)30)32-16-37-25)15-31-27(35)22-10-5-17-3-1-2-4-21(17)33-22/h1-10,16,20,23,26H,11-15H2,(H,31,35). The van der Waals surface area contributed by atoms with Crippen LogP contribution in [0.1, 0.15) is 46.4 Å². The predicted molar refractivity (Wildman–Crippen MR) is 141 cm³/mol. The number of aromatic nitrogens is 2. The molecule has 0 radical (unpaired) electrons. The van der Waals surface area contributed by atoms with Crippen molar-refractivity contribution in [1.29, 1.82) is 0 Å². The minimum Gasteiger partial charge on any atom is -0.490 e. The molecule has 0 aliphatic carbocycles. The van der Waals surface area contributed by atoms with Gasteiger partial charge in [0.1, 0.15) is 23.2 Å². The van der Waals surface area contributed by atoms with Gasteiger partial charge in [-0.2, -0.15) is 0 Å². The average Bonchev–Trinajstić information content (AvgIpc) is 3.41. The number of ether oxygens (including phenoxy) is 1. The first-order valence-corrected chi connectivity index (χ1v) is 13.3. The number of alkyl halides is 2. The Bertz CT molecular complexity index is 1360. The average molecular weight is 543 g/mol. The zero-order chi connectivity index (χ0) is 25.8. The van der Waals surface area contributed by atoms with Crippen molar-refractivity contribution in [3.05, 3.63) is 87.5 Å². The van der Waals surface area contributed by atoms with Crippen LogP contribution in [0.3, 0.4) is 0 Å². The number of likely N-dealkylation sites (tertiary alicyclic amines) is 1. The van der Waals surface area contributed by atoms with E-state index in [2.05, 4.69) is 20.2 Å². The van der Waals surface area contributed by atoms with E-state index in [9.17, 15) is 13.6 Å². The van der Waals surface area contributed by atoms with Gasteiger partial charge in [-0.3, -0.25) is 9.69 Å². The number of carbonyl (C=O) groups is 1. The molecule has 1 N–H and O–H groups in total. The molecule has 6 nitrogen and oxygen atoms in total. The van der Waals surface area contributed by atoms with E-state index in [0.29, 0.717) is 23.0 Å². The van der Waals surface area contributed by atoms with E-state index >= 15 is 0 Å². The normalized spacial score (nSPS) is 15.7. The summed E-state index contributed by atoms with van der Waals surface area (Å²) in [7, 11) is 0. The monoisotopic (exact) mass is 542 g/mol. The molecule has 1 unspecified atom stereocenters. The Balaban J connectivity index is 1.28. The topological polar surface area (TPSA) is 67.4 Å². The van der Waals surface area contributed by atoms with Crippen LogP contribution in [0.4, 0.5) is 8.78 Å². The molecule has 1 atom stereocenters. The van der Waals surface area contributed by atoms with Crippen LogP contribution in [-0.2, 0) is 0 Å². The largest absolute Gasteiger partial charge is 0.490 e. The number of halogens is 3. The lowest BCUT2D eigenvalue weighted by Crippen LogP contribution is -2.44. The molecule has 0 spiro atoms. The summed E-state index contributed by atoms with van der Waals surface area (Å²) in [5, 5.41) is 4.50. The number of benzene rings is 2. The summed E-state index contributed by atoms with van der Waals surface area (Å²) in [5.41, 5.74) is 2.21. The number of hydrogen-bond acceptors (Lipinski definition) is 6. The summed E-state index contributed by atoms with van der Waals surface area (Å²) in [6.07, 6.45) is -1.23. The smallest absolute Gasteiger partial charge is 0.281 e. The molecule has 0 saturated carbocycles. The minimum absolute atomic E-state index is 0.00509. The Morgan fingerprint density at radius 3 is 2.62 bits per heavy atom. The van der Waals surface area contributed by atoms with Crippen molar-refractivity contribution >= 4 is 39.7 Å². The lowest BCUT2D eigenvalue weighted by Gasteiger charge is -2.37. The van der Waals surface area contributed by atoms with Crippen LogP contribution in [-0.4, -0.2) is 46.5 Å². The molecule has 37 heavy (non-hydrogen) atoms. The molecule has 192 valence electrons. The molecule has 4 aromatic rings. The van der Waals surface area contributed by atoms with E-state index in [-0.39, 0.29) is 29.9 Å². The van der Waals surface area contributed by atoms with Gasteiger partial charge < -0.3 is 10.1 Å². The molecule has 10 heteroatoms. The summed E-state index contributed by atoms with van der Waals surface area (Å²) >= 11 is 7.15. The number of piperidine rings is 1. The van der Waals surface area contributed by atoms with Crippen LogP contribution >= 0.6 is 22.9 Å². The van der Waals surface area contributed by atoms with Gasteiger partial charge in [-0.15, -0.1) is 11.3 Å². The summed E-state index contributed by atoms with van der Waals surface area (Å²) in [6, 6.07) is 17.9. The molecule has 1 amide bonds. The van der Waals surface area contributed by atoms with Gasteiger partial charge in [-0.25, -0.2) is 18.7 Å². The third-order valence-electron chi connectivity index (χ3n) is 6.45. The van der Waals surface area contributed by atoms with Crippen LogP contribution in [0.25, 0.3) is 10.9 Å². The van der Waals surface area contributed by atoms with Crippen molar-refractivity contribution in [2.45, 2.75) is 31.4 Å². The van der Waals surface area contributed by atoms with Gasteiger partial charge in [0.05, 0.1) is 21.9 Å². The first kappa shape index (κ1) is 25.5. The molecular weight excluding hydrogens is 518 g/mol. The Morgan fingerprint density at radius 2 is 1.86 bits per heavy atom. The van der Waals surface area contributed by atoms with Crippen molar-refractivity contribution in [1.82, 2.24) is 20.2 Å². The van der Waals surface area contributed by atoms with E-state index in [1.165, 1.54) is 16.8 Å². The second-order valence-electron chi connectivity index (χ2n) is 8.82. The number of nitrogens with one attached hydrogen (secondary N) is 1. The molecule has 3 heterocycles. The van der Waals surface area contributed by atoms with Gasteiger partial charge >= 0.3 is 0 Å². The van der Waals surface area contributed by atoms with E-state index < -0.39 is 12.5 Å². The molecule has 1 saturated heterocycles. The van der Waals surface area contributed by atoms with Crippen molar-refractivity contribution in [3.8, 4) is 5.75 Å². The van der Waals surface area contributed by atoms with Gasteiger partial charge in [-0.05, 0) is 49.2 Å². The molecule has 1 aliphatic rings. The van der Waals surface area contributed by atoms with Gasteiger partial charge in [0.15, 0.2) is 0 Å². The Labute approximate surface area is 222 Å². The van der Waals surface area contributed by atoms with Crippen LogP contribution in [0, 0.1) is 0 Å². The maximum Gasteiger partial charge on any atom is 0.281 e. The molecule has 5 rings (SSSR count). The van der Waals surface area contributed by atoms with Gasteiger partial charge in [0.25, 0.3) is 12.3 Å². The van der Waals surface area contributed by atoms with E-state index in [1.807, 2.05) is 42.5 Å². The molecule has 2 aromatic heterocycles. The third-order valence-corrected chi connectivity index (χ3v) is 7.65. The zero-order valence-corrected chi connectivity index (χ0v) is 21.4. The van der Waals surface area contributed by atoms with Gasteiger partial charge in [0.2, 0.25) is 0 Å². The van der Waals surface area contributed by atoms with Crippen molar-refractivity contribution < 1.29 is 18.3 Å². The lowest BCUT2D eigenvalue weighted by molar-refractivity contribution is 0.0703. The fraction of sp³-hybridized carbons (Fsp3) is 0.296. The van der Waals surface area contributed by atoms with Crippen molar-refractivity contribution in [3.63, 3.8) is 0 Å². The highest BCUT2D eigenvalue weighted by Gasteiger charge is 2.32. The number of thiazole rings is 1. The molecule has 1 aliphatic heterocycles. The number of para-hydroxylation sites is 1. The Kier molecular flexibility index (Phi) is 7.93. The highest BCUT2D eigenvalue weighted by Crippen LogP contribution is 2.34. The second-order valence-corrected chi connectivity index (χ2v) is 10.1. The SMILES string of the molecule is O=C(NCC(c1scnc1C(F)F)N1CCC(Oc2ccc(Cl)cc2)CC1)c1ccc2ccccc2n1.